The molecule has 4 amide bonds. The SMILES string of the molecule is Cc1ccc2cccc(OCc3c(Cl)ccc(N(C)C(=O)CNC(=O)Nc4cccc(C(=O)Nc5ccncc5)c4)c3Cl)c2n1. The summed E-state index contributed by atoms with van der Waals surface area (Å²) in [6, 6.07) is 21.9. The van der Waals surface area contributed by atoms with Crippen LogP contribution in [0, 0.1) is 6.92 Å². The number of carbonyl (C=O) groups excluding carboxylic acids is 3. The molecule has 0 radical (unpaired) electrons. The van der Waals surface area contributed by atoms with E-state index in [0.717, 1.165) is 16.6 Å². The lowest BCUT2D eigenvalue weighted by atomic mass is 10.1. The lowest BCUT2D eigenvalue weighted by Gasteiger charge is -2.21. The summed E-state index contributed by atoms with van der Waals surface area (Å²) >= 11 is 13.2. The molecule has 5 rings (SSSR count). The molecule has 0 saturated carbocycles. The van der Waals surface area contributed by atoms with Crippen molar-refractivity contribution in [2.75, 3.05) is 29.1 Å². The third-order valence-electron chi connectivity index (χ3n) is 6.82. The molecule has 2 aromatic heterocycles. The molecule has 3 aromatic carbocycles. The van der Waals surface area contributed by atoms with Crippen LogP contribution in [0.15, 0.2) is 91.3 Å². The van der Waals surface area contributed by atoms with Crippen LogP contribution < -0.4 is 25.6 Å². The van der Waals surface area contributed by atoms with E-state index in [1.807, 2.05) is 37.3 Å². The van der Waals surface area contributed by atoms with E-state index in [9.17, 15) is 14.4 Å². The Labute approximate surface area is 269 Å². The molecule has 0 bridgehead atoms. The van der Waals surface area contributed by atoms with Crippen molar-refractivity contribution >= 4 is 69.0 Å². The Kier molecular flexibility index (Phi) is 9.76. The fraction of sp³-hybridized carbons (Fsp3) is 0.121. The van der Waals surface area contributed by atoms with Crippen LogP contribution in [0.1, 0.15) is 21.6 Å². The number of amides is 4. The molecule has 228 valence electrons. The number of nitrogens with zero attached hydrogens (tertiary/aromatic N) is 3. The number of pyridine rings is 2. The number of urea groups is 1. The molecule has 0 unspecified atom stereocenters. The first kappa shape index (κ1) is 31.2. The van der Waals surface area contributed by atoms with Gasteiger partial charge in [-0.2, -0.15) is 0 Å². The number of para-hydroxylation sites is 1. The molecule has 2 heterocycles. The second-order valence-electron chi connectivity index (χ2n) is 9.96. The van der Waals surface area contributed by atoms with Crippen LogP contribution in [0.4, 0.5) is 21.9 Å². The zero-order chi connectivity index (χ0) is 31.9. The minimum Gasteiger partial charge on any atom is -0.487 e. The van der Waals surface area contributed by atoms with Gasteiger partial charge in [0.05, 0.1) is 17.3 Å². The summed E-state index contributed by atoms with van der Waals surface area (Å²) in [4.78, 5) is 48.0. The first-order valence-corrected chi connectivity index (χ1v) is 14.5. The lowest BCUT2D eigenvalue weighted by Crippen LogP contribution is -2.40. The van der Waals surface area contributed by atoms with Crippen molar-refractivity contribution < 1.29 is 19.1 Å². The van der Waals surface area contributed by atoms with E-state index in [2.05, 4.69) is 25.9 Å². The largest absolute Gasteiger partial charge is 0.487 e. The van der Waals surface area contributed by atoms with Crippen LogP contribution >= 0.6 is 23.2 Å². The standard InChI is InChI=1S/C33H28Cl2N6O4/c1-20-9-10-21-5-4-8-28(31(21)38-20)45-19-25-26(34)11-12-27(30(25)35)41(2)29(42)18-37-33(44)40-24-7-3-6-22(17-24)32(43)39-23-13-15-36-16-14-23/h3-17H,18-19H2,1-2H3,(H,36,39,43)(H2,37,40,44). The fourth-order valence-corrected chi connectivity index (χ4v) is 5.03. The van der Waals surface area contributed by atoms with Crippen molar-refractivity contribution in [3.05, 3.63) is 118 Å². The molecule has 0 fully saturated rings. The zero-order valence-electron chi connectivity index (χ0n) is 24.3. The highest BCUT2D eigenvalue weighted by Crippen LogP contribution is 2.35. The summed E-state index contributed by atoms with van der Waals surface area (Å²) in [6.45, 7) is 1.63. The summed E-state index contributed by atoms with van der Waals surface area (Å²) in [5, 5.41) is 9.48. The van der Waals surface area contributed by atoms with Crippen molar-refractivity contribution in [1.82, 2.24) is 15.3 Å². The number of aromatic nitrogens is 2. The van der Waals surface area contributed by atoms with E-state index in [-0.39, 0.29) is 24.1 Å². The Morgan fingerprint density at radius 3 is 2.47 bits per heavy atom. The van der Waals surface area contributed by atoms with Crippen LogP contribution in [-0.2, 0) is 11.4 Å². The van der Waals surface area contributed by atoms with Gasteiger partial charge in [-0.25, -0.2) is 9.78 Å². The van der Waals surface area contributed by atoms with Crippen molar-refractivity contribution in [2.24, 2.45) is 0 Å². The van der Waals surface area contributed by atoms with E-state index in [4.69, 9.17) is 27.9 Å². The van der Waals surface area contributed by atoms with E-state index < -0.39 is 11.9 Å². The second-order valence-corrected chi connectivity index (χ2v) is 10.7. The summed E-state index contributed by atoms with van der Waals surface area (Å²) in [6.07, 6.45) is 3.13. The minimum atomic E-state index is -0.626. The highest BCUT2D eigenvalue weighted by molar-refractivity contribution is 6.38. The third kappa shape index (κ3) is 7.67. The quantitative estimate of drug-likeness (QED) is 0.161. The number of hydrogen-bond acceptors (Lipinski definition) is 6. The highest BCUT2D eigenvalue weighted by Gasteiger charge is 2.20. The predicted octanol–water partition coefficient (Wildman–Crippen LogP) is 6.86. The maximum atomic E-state index is 13.0. The predicted molar refractivity (Wildman–Crippen MR) is 176 cm³/mol. The second kappa shape index (κ2) is 14.1. The Hall–Kier alpha value is -5.19. The normalized spacial score (nSPS) is 10.7. The lowest BCUT2D eigenvalue weighted by molar-refractivity contribution is -0.117. The van der Waals surface area contributed by atoms with Crippen LogP contribution in [0.25, 0.3) is 10.9 Å². The van der Waals surface area contributed by atoms with Crippen molar-refractivity contribution in [1.29, 1.82) is 0 Å². The van der Waals surface area contributed by atoms with Gasteiger partial charge < -0.3 is 25.6 Å². The smallest absolute Gasteiger partial charge is 0.319 e. The first-order chi connectivity index (χ1) is 21.7. The first-order valence-electron chi connectivity index (χ1n) is 13.8. The summed E-state index contributed by atoms with van der Waals surface area (Å²) in [7, 11) is 1.55. The molecule has 0 aliphatic heterocycles. The molecule has 0 spiro atoms. The van der Waals surface area contributed by atoms with Gasteiger partial charge in [0.15, 0.2) is 0 Å². The van der Waals surface area contributed by atoms with Crippen LogP contribution in [0.5, 0.6) is 5.75 Å². The Morgan fingerprint density at radius 2 is 1.67 bits per heavy atom. The average Bonchev–Trinajstić information content (AvgIpc) is 3.04. The van der Waals surface area contributed by atoms with Gasteiger partial charge in [-0.15, -0.1) is 0 Å². The number of fused-ring (bicyclic) bond motifs is 1. The molecule has 10 nitrogen and oxygen atoms in total. The van der Waals surface area contributed by atoms with Crippen molar-refractivity contribution in [3.8, 4) is 5.75 Å². The zero-order valence-corrected chi connectivity index (χ0v) is 25.8. The molecule has 5 aromatic rings. The number of carbonyl (C=O) groups is 3. The summed E-state index contributed by atoms with van der Waals surface area (Å²) < 4.78 is 6.08. The maximum Gasteiger partial charge on any atom is 0.319 e. The van der Waals surface area contributed by atoms with Crippen LogP contribution in [-0.4, -0.2) is 41.4 Å². The molecule has 45 heavy (non-hydrogen) atoms. The number of benzene rings is 3. The van der Waals surface area contributed by atoms with Crippen LogP contribution in [0.2, 0.25) is 10.0 Å². The number of hydrogen-bond donors (Lipinski definition) is 3. The number of ether oxygens (including phenoxy) is 1. The molecule has 0 atom stereocenters. The molecule has 0 aliphatic rings. The molecule has 0 aliphatic carbocycles. The average molecular weight is 644 g/mol. The molecule has 0 saturated heterocycles. The van der Waals surface area contributed by atoms with E-state index >= 15 is 0 Å². The molecular formula is C33H28Cl2N6O4. The number of likely N-dealkylation sites (N-methyl/N-ethyl adjacent to an activating group) is 1. The van der Waals surface area contributed by atoms with Crippen molar-refractivity contribution in [3.63, 3.8) is 0 Å². The topological polar surface area (TPSA) is 126 Å². The van der Waals surface area contributed by atoms with Gasteiger partial charge in [-0.05, 0) is 61.5 Å². The molecular weight excluding hydrogens is 615 g/mol. The van der Waals surface area contributed by atoms with Crippen LogP contribution in [0.3, 0.4) is 0 Å². The summed E-state index contributed by atoms with van der Waals surface area (Å²) in [5.41, 5.74) is 3.77. The fourth-order valence-electron chi connectivity index (χ4n) is 4.42. The monoisotopic (exact) mass is 642 g/mol. The molecule has 3 N–H and O–H groups in total. The number of anilines is 3. The number of rotatable bonds is 9. The van der Waals surface area contributed by atoms with Gasteiger partial charge in [0.1, 0.15) is 17.9 Å². The number of nitrogens with one attached hydrogen (secondary N) is 3. The van der Waals surface area contributed by atoms with Crippen molar-refractivity contribution in [2.45, 2.75) is 13.5 Å². The Balaban J connectivity index is 1.19. The van der Waals surface area contributed by atoms with Gasteiger partial charge in [0.2, 0.25) is 5.91 Å². The number of aryl methyl sites for hydroxylation is 1. The Morgan fingerprint density at radius 1 is 0.889 bits per heavy atom. The van der Waals surface area contributed by atoms with Gasteiger partial charge in [0.25, 0.3) is 5.91 Å². The van der Waals surface area contributed by atoms with E-state index in [1.54, 1.807) is 61.9 Å². The van der Waals surface area contributed by atoms with Gasteiger partial charge in [-0.1, -0.05) is 47.5 Å². The van der Waals surface area contributed by atoms with Gasteiger partial charge in [0, 0.05) is 58.0 Å². The van der Waals surface area contributed by atoms with E-state index in [1.165, 1.54) is 11.0 Å². The summed E-state index contributed by atoms with van der Waals surface area (Å²) in [5.74, 6) is -0.204. The third-order valence-corrected chi connectivity index (χ3v) is 7.59. The maximum absolute atomic E-state index is 13.0. The molecule has 12 heteroatoms. The highest BCUT2D eigenvalue weighted by atomic mass is 35.5. The van der Waals surface area contributed by atoms with Gasteiger partial charge >= 0.3 is 6.03 Å². The minimum absolute atomic E-state index is 0.0442. The van der Waals surface area contributed by atoms with E-state index in [0.29, 0.717) is 39.0 Å². The van der Waals surface area contributed by atoms with Gasteiger partial charge in [-0.3, -0.25) is 14.6 Å². The number of halogens is 2. The Bertz CT molecular complexity index is 1890.